The lowest BCUT2D eigenvalue weighted by Crippen LogP contribution is -2.62. The summed E-state index contributed by atoms with van der Waals surface area (Å²) >= 11 is 0. The smallest absolute Gasteiger partial charge is 0.410 e. The molecule has 18 heavy (non-hydrogen) atoms. The van der Waals surface area contributed by atoms with E-state index in [0.29, 0.717) is 19.1 Å². The summed E-state index contributed by atoms with van der Waals surface area (Å²) in [6.45, 7) is 11.9. The van der Waals surface area contributed by atoms with E-state index in [4.69, 9.17) is 9.47 Å². The van der Waals surface area contributed by atoms with Crippen molar-refractivity contribution in [1.29, 1.82) is 0 Å². The molecule has 0 aromatic carbocycles. The molecule has 1 amide bonds. The van der Waals surface area contributed by atoms with Gasteiger partial charge in [-0.1, -0.05) is 0 Å². The summed E-state index contributed by atoms with van der Waals surface area (Å²) in [5.41, 5.74) is -0.597. The highest BCUT2D eigenvalue weighted by Crippen LogP contribution is 2.16. The van der Waals surface area contributed by atoms with Crippen molar-refractivity contribution < 1.29 is 14.3 Å². The van der Waals surface area contributed by atoms with E-state index in [2.05, 4.69) is 5.32 Å². The van der Waals surface area contributed by atoms with Crippen LogP contribution in [-0.4, -0.2) is 55.0 Å². The van der Waals surface area contributed by atoms with E-state index in [9.17, 15) is 4.79 Å². The SMILES string of the molecule is COC(C)(C)CNC1CN(C(=O)OC(C)(C)C)C1. The summed E-state index contributed by atoms with van der Waals surface area (Å²) < 4.78 is 10.6. The fourth-order valence-electron chi connectivity index (χ4n) is 1.55. The number of methoxy groups -OCH3 is 1. The van der Waals surface area contributed by atoms with E-state index in [1.165, 1.54) is 0 Å². The number of hydrogen-bond donors (Lipinski definition) is 1. The topological polar surface area (TPSA) is 50.8 Å². The number of nitrogens with one attached hydrogen (secondary N) is 1. The quantitative estimate of drug-likeness (QED) is 0.832. The molecule has 0 radical (unpaired) electrons. The lowest BCUT2D eigenvalue weighted by Gasteiger charge is -2.41. The summed E-state index contributed by atoms with van der Waals surface area (Å²) in [6.07, 6.45) is -0.230. The number of likely N-dealkylation sites (tertiary alicyclic amines) is 1. The van der Waals surface area contributed by atoms with Crippen molar-refractivity contribution in [3.05, 3.63) is 0 Å². The molecule has 0 bridgehead atoms. The summed E-state index contributed by atoms with van der Waals surface area (Å²) in [4.78, 5) is 13.4. The minimum absolute atomic E-state index is 0.174. The second-order valence-corrected chi connectivity index (χ2v) is 6.43. The minimum Gasteiger partial charge on any atom is -0.444 e. The van der Waals surface area contributed by atoms with Gasteiger partial charge in [0, 0.05) is 32.8 Å². The summed E-state index contributed by atoms with van der Waals surface area (Å²) in [7, 11) is 1.70. The number of ether oxygens (including phenoxy) is 2. The first-order valence-corrected chi connectivity index (χ1v) is 6.39. The normalized spacial score (nSPS) is 17.6. The van der Waals surface area contributed by atoms with Gasteiger partial charge in [-0.15, -0.1) is 0 Å². The molecule has 1 saturated heterocycles. The second-order valence-electron chi connectivity index (χ2n) is 6.43. The van der Waals surface area contributed by atoms with Crippen LogP contribution in [0.2, 0.25) is 0 Å². The van der Waals surface area contributed by atoms with Gasteiger partial charge in [-0.3, -0.25) is 0 Å². The molecule has 1 aliphatic rings. The number of carbonyl (C=O) groups excluding carboxylic acids is 1. The maximum atomic E-state index is 11.7. The highest BCUT2D eigenvalue weighted by molar-refractivity contribution is 5.69. The number of nitrogens with zero attached hydrogens (tertiary/aromatic N) is 1. The largest absolute Gasteiger partial charge is 0.444 e. The zero-order chi connectivity index (χ0) is 14.0. The van der Waals surface area contributed by atoms with Crippen LogP contribution in [0.3, 0.4) is 0 Å². The molecule has 0 aliphatic carbocycles. The molecule has 1 rings (SSSR count). The van der Waals surface area contributed by atoms with Crippen LogP contribution in [0, 0.1) is 0 Å². The van der Waals surface area contributed by atoms with Crippen molar-refractivity contribution >= 4 is 6.09 Å². The lowest BCUT2D eigenvalue weighted by atomic mass is 10.1. The Morgan fingerprint density at radius 1 is 1.28 bits per heavy atom. The molecule has 5 nitrogen and oxygen atoms in total. The predicted octanol–water partition coefficient (Wildman–Crippen LogP) is 1.62. The lowest BCUT2D eigenvalue weighted by molar-refractivity contribution is -0.00463. The van der Waals surface area contributed by atoms with E-state index >= 15 is 0 Å². The molecule has 1 aliphatic heterocycles. The Balaban J connectivity index is 2.22. The molecule has 0 spiro atoms. The van der Waals surface area contributed by atoms with E-state index in [0.717, 1.165) is 6.54 Å². The molecule has 0 unspecified atom stereocenters. The molecule has 1 heterocycles. The monoisotopic (exact) mass is 258 g/mol. The van der Waals surface area contributed by atoms with Gasteiger partial charge in [0.2, 0.25) is 0 Å². The zero-order valence-electron chi connectivity index (χ0n) is 12.4. The fourth-order valence-corrected chi connectivity index (χ4v) is 1.55. The first-order valence-electron chi connectivity index (χ1n) is 6.39. The number of carbonyl (C=O) groups is 1. The first-order chi connectivity index (χ1) is 8.13. The van der Waals surface area contributed by atoms with Crippen LogP contribution in [0.15, 0.2) is 0 Å². The van der Waals surface area contributed by atoms with E-state index in [1.807, 2.05) is 34.6 Å². The van der Waals surface area contributed by atoms with Crippen molar-refractivity contribution in [2.45, 2.75) is 51.9 Å². The van der Waals surface area contributed by atoms with Crippen molar-refractivity contribution in [1.82, 2.24) is 10.2 Å². The van der Waals surface area contributed by atoms with Crippen molar-refractivity contribution in [3.63, 3.8) is 0 Å². The highest BCUT2D eigenvalue weighted by Gasteiger charge is 2.34. The van der Waals surface area contributed by atoms with E-state index < -0.39 is 5.60 Å². The van der Waals surface area contributed by atoms with Gasteiger partial charge in [0.05, 0.1) is 5.60 Å². The van der Waals surface area contributed by atoms with Gasteiger partial charge in [-0.2, -0.15) is 0 Å². The molecule has 0 atom stereocenters. The van der Waals surface area contributed by atoms with Crippen LogP contribution < -0.4 is 5.32 Å². The third-order valence-corrected chi connectivity index (χ3v) is 2.90. The third kappa shape index (κ3) is 4.82. The molecular weight excluding hydrogens is 232 g/mol. The Kier molecular flexibility index (Phi) is 4.61. The average molecular weight is 258 g/mol. The highest BCUT2D eigenvalue weighted by atomic mass is 16.6. The Hall–Kier alpha value is -0.810. The van der Waals surface area contributed by atoms with Crippen LogP contribution in [0.1, 0.15) is 34.6 Å². The van der Waals surface area contributed by atoms with Crippen molar-refractivity contribution in [3.8, 4) is 0 Å². The van der Waals surface area contributed by atoms with Crippen LogP contribution >= 0.6 is 0 Å². The molecule has 0 aromatic rings. The van der Waals surface area contributed by atoms with Crippen molar-refractivity contribution in [2.24, 2.45) is 0 Å². The predicted molar refractivity (Wildman–Crippen MR) is 70.7 cm³/mol. The van der Waals surface area contributed by atoms with E-state index in [-0.39, 0.29) is 11.7 Å². The summed E-state index contributed by atoms with van der Waals surface area (Å²) in [5.74, 6) is 0. The molecule has 1 N–H and O–H groups in total. The molecule has 1 fully saturated rings. The van der Waals surface area contributed by atoms with Gasteiger partial charge in [-0.05, 0) is 34.6 Å². The van der Waals surface area contributed by atoms with Crippen molar-refractivity contribution in [2.75, 3.05) is 26.7 Å². The average Bonchev–Trinajstić information content (AvgIpc) is 2.12. The molecule has 0 aromatic heterocycles. The van der Waals surface area contributed by atoms with Crippen LogP contribution in [0.25, 0.3) is 0 Å². The third-order valence-electron chi connectivity index (χ3n) is 2.90. The summed E-state index contributed by atoms with van der Waals surface area (Å²) in [6, 6.07) is 0.340. The number of hydrogen-bond acceptors (Lipinski definition) is 4. The van der Waals surface area contributed by atoms with Gasteiger partial charge < -0.3 is 19.7 Å². The Bertz CT molecular complexity index is 291. The Morgan fingerprint density at radius 2 is 1.83 bits per heavy atom. The molecule has 106 valence electrons. The maximum Gasteiger partial charge on any atom is 0.410 e. The molecular formula is C13H26N2O3. The van der Waals surface area contributed by atoms with Gasteiger partial charge >= 0.3 is 6.09 Å². The minimum atomic E-state index is -0.423. The maximum absolute atomic E-state index is 11.7. The number of amides is 1. The van der Waals surface area contributed by atoms with Crippen LogP contribution in [-0.2, 0) is 9.47 Å². The van der Waals surface area contributed by atoms with Gasteiger partial charge in [0.25, 0.3) is 0 Å². The first kappa shape index (κ1) is 15.2. The standard InChI is InChI=1S/C13H26N2O3/c1-12(2,3)18-11(16)15-7-10(8-15)14-9-13(4,5)17-6/h10,14H,7-9H2,1-6H3. The molecule has 5 heteroatoms. The number of rotatable bonds is 4. The fraction of sp³-hybridized carbons (Fsp3) is 0.923. The van der Waals surface area contributed by atoms with E-state index in [1.54, 1.807) is 12.0 Å². The van der Waals surface area contributed by atoms with Gasteiger partial charge in [-0.25, -0.2) is 4.79 Å². The van der Waals surface area contributed by atoms with Crippen LogP contribution in [0.4, 0.5) is 4.79 Å². The van der Waals surface area contributed by atoms with Gasteiger partial charge in [0.1, 0.15) is 5.60 Å². The summed E-state index contributed by atoms with van der Waals surface area (Å²) in [5, 5.41) is 3.38. The second kappa shape index (κ2) is 5.45. The Labute approximate surface area is 110 Å². The Morgan fingerprint density at radius 3 is 2.28 bits per heavy atom. The van der Waals surface area contributed by atoms with Crippen LogP contribution in [0.5, 0.6) is 0 Å². The molecule has 0 saturated carbocycles. The zero-order valence-corrected chi connectivity index (χ0v) is 12.4. The van der Waals surface area contributed by atoms with Gasteiger partial charge in [0.15, 0.2) is 0 Å².